The molecule has 0 aliphatic heterocycles. The van der Waals surface area contributed by atoms with Crippen molar-refractivity contribution in [3.8, 4) is 5.75 Å². The van der Waals surface area contributed by atoms with Crippen LogP contribution in [0.25, 0.3) is 0 Å². The van der Waals surface area contributed by atoms with Gasteiger partial charge in [0.05, 0.1) is 11.6 Å². The van der Waals surface area contributed by atoms with Crippen LogP contribution in [0.1, 0.15) is 11.1 Å². The van der Waals surface area contributed by atoms with E-state index in [9.17, 15) is 0 Å². The van der Waals surface area contributed by atoms with Crippen LogP contribution in [0.15, 0.2) is 40.2 Å². The molecule has 2 aromatic rings. The van der Waals surface area contributed by atoms with Crippen LogP contribution >= 0.6 is 22.9 Å². The lowest BCUT2D eigenvalue weighted by molar-refractivity contribution is 0.318. The molecule has 0 aliphatic carbocycles. The highest BCUT2D eigenvalue weighted by molar-refractivity contribution is 7.07. The van der Waals surface area contributed by atoms with Crippen LogP contribution < -0.4 is 10.5 Å². The van der Waals surface area contributed by atoms with Gasteiger partial charge < -0.3 is 15.7 Å². The minimum absolute atomic E-state index is 0.0187. The van der Waals surface area contributed by atoms with E-state index in [1.165, 1.54) is 5.56 Å². The predicted molar refractivity (Wildman–Crippen MR) is 77.5 cm³/mol. The topological polar surface area (TPSA) is 67.8 Å². The molecule has 3 N–H and O–H groups in total. The highest BCUT2D eigenvalue weighted by Gasteiger charge is 2.07. The van der Waals surface area contributed by atoms with Crippen molar-refractivity contribution in [3.63, 3.8) is 0 Å². The third kappa shape index (κ3) is 3.62. The quantitative estimate of drug-likeness (QED) is 0.385. The number of nitrogens with two attached hydrogens (primary N) is 1. The molecule has 0 unspecified atom stereocenters. The summed E-state index contributed by atoms with van der Waals surface area (Å²) in [5.74, 6) is 0.643. The maximum absolute atomic E-state index is 8.60. The molecule has 0 aliphatic rings. The molecular formula is C13H13ClN2O2S. The number of oxime groups is 1. The number of halogens is 1. The second-order valence-corrected chi connectivity index (χ2v) is 5.04. The van der Waals surface area contributed by atoms with E-state index in [4.69, 9.17) is 27.3 Å². The zero-order chi connectivity index (χ0) is 13.7. The minimum Gasteiger partial charge on any atom is -0.493 e. The fraction of sp³-hybridized carbons (Fsp3) is 0.154. The predicted octanol–water partition coefficient (Wildman–Crippen LogP) is 3.12. The van der Waals surface area contributed by atoms with Crippen molar-refractivity contribution in [2.75, 3.05) is 6.61 Å². The lowest BCUT2D eigenvalue weighted by Crippen LogP contribution is -2.13. The number of amidine groups is 1. The fourth-order valence-electron chi connectivity index (χ4n) is 1.57. The molecule has 0 fully saturated rings. The van der Waals surface area contributed by atoms with Crippen LogP contribution in [0, 0.1) is 0 Å². The Hall–Kier alpha value is -1.72. The second-order valence-electron chi connectivity index (χ2n) is 3.86. The first-order valence-electron chi connectivity index (χ1n) is 5.62. The summed E-state index contributed by atoms with van der Waals surface area (Å²) in [6, 6.07) is 7.13. The largest absolute Gasteiger partial charge is 0.493 e. The van der Waals surface area contributed by atoms with Gasteiger partial charge in [0, 0.05) is 12.0 Å². The van der Waals surface area contributed by atoms with Gasteiger partial charge in [-0.05, 0) is 40.6 Å². The van der Waals surface area contributed by atoms with Crippen LogP contribution in [-0.2, 0) is 6.42 Å². The third-order valence-electron chi connectivity index (χ3n) is 2.56. The summed E-state index contributed by atoms with van der Waals surface area (Å²) in [6.07, 6.45) is 0.850. The van der Waals surface area contributed by atoms with Gasteiger partial charge in [-0.15, -0.1) is 0 Å². The number of rotatable bonds is 5. The van der Waals surface area contributed by atoms with Crippen molar-refractivity contribution >= 4 is 28.8 Å². The summed E-state index contributed by atoms with van der Waals surface area (Å²) in [5.41, 5.74) is 7.22. The molecule has 2 rings (SSSR count). The molecule has 0 spiro atoms. The molecule has 100 valence electrons. The van der Waals surface area contributed by atoms with Gasteiger partial charge in [-0.25, -0.2) is 0 Å². The summed E-state index contributed by atoms with van der Waals surface area (Å²) < 4.78 is 5.61. The Labute approximate surface area is 120 Å². The molecule has 0 radical (unpaired) electrons. The Balaban J connectivity index is 1.96. The van der Waals surface area contributed by atoms with Gasteiger partial charge in [-0.1, -0.05) is 16.8 Å². The van der Waals surface area contributed by atoms with E-state index < -0.39 is 0 Å². The smallest absolute Gasteiger partial charge is 0.171 e. The van der Waals surface area contributed by atoms with Crippen molar-refractivity contribution < 1.29 is 9.94 Å². The van der Waals surface area contributed by atoms with E-state index in [0.717, 1.165) is 6.42 Å². The van der Waals surface area contributed by atoms with Crippen LogP contribution in [0.4, 0.5) is 0 Å². The normalized spacial score (nSPS) is 11.5. The Morgan fingerprint density at radius 2 is 2.26 bits per heavy atom. The van der Waals surface area contributed by atoms with Gasteiger partial charge >= 0.3 is 0 Å². The molecule has 0 amide bonds. The van der Waals surface area contributed by atoms with Gasteiger partial charge in [-0.2, -0.15) is 11.3 Å². The standard InChI is InChI=1S/C13H13ClN2O2S/c14-12-7-10(1-2-11(12)13(15)16-17)18-5-3-9-4-6-19-8-9/h1-2,4,6-8,17H,3,5H2,(H2,15,16). The van der Waals surface area contributed by atoms with Gasteiger partial charge in [-0.3, -0.25) is 0 Å². The summed E-state index contributed by atoms with van der Waals surface area (Å²) in [5, 5.41) is 16.0. The number of thiophene rings is 1. The molecule has 0 bridgehead atoms. The Morgan fingerprint density at radius 3 is 2.89 bits per heavy atom. The van der Waals surface area contributed by atoms with Crippen molar-refractivity contribution in [1.82, 2.24) is 0 Å². The lowest BCUT2D eigenvalue weighted by atomic mass is 10.2. The van der Waals surface area contributed by atoms with Crippen molar-refractivity contribution in [2.24, 2.45) is 10.9 Å². The average Bonchev–Trinajstić information content (AvgIpc) is 2.91. The Bertz CT molecular complexity index is 570. The van der Waals surface area contributed by atoms with Gasteiger partial charge in [0.1, 0.15) is 5.75 Å². The molecular weight excluding hydrogens is 284 g/mol. The van der Waals surface area contributed by atoms with E-state index in [1.54, 1.807) is 29.5 Å². The zero-order valence-electron chi connectivity index (χ0n) is 10.0. The maximum atomic E-state index is 8.60. The molecule has 19 heavy (non-hydrogen) atoms. The van der Waals surface area contributed by atoms with Crippen LogP contribution in [0.3, 0.4) is 0 Å². The zero-order valence-corrected chi connectivity index (χ0v) is 11.6. The molecule has 1 aromatic carbocycles. The number of ether oxygens (including phenoxy) is 1. The first-order valence-corrected chi connectivity index (χ1v) is 6.94. The second kappa shape index (κ2) is 6.45. The molecule has 0 atom stereocenters. The van der Waals surface area contributed by atoms with Gasteiger partial charge in [0.2, 0.25) is 0 Å². The van der Waals surface area contributed by atoms with E-state index in [1.807, 2.05) is 5.38 Å². The first-order chi connectivity index (χ1) is 9.20. The van der Waals surface area contributed by atoms with Crippen molar-refractivity contribution in [2.45, 2.75) is 6.42 Å². The number of nitrogens with zero attached hydrogens (tertiary/aromatic N) is 1. The van der Waals surface area contributed by atoms with E-state index in [-0.39, 0.29) is 5.84 Å². The third-order valence-corrected chi connectivity index (χ3v) is 3.61. The molecule has 6 heteroatoms. The number of hydrogen-bond acceptors (Lipinski definition) is 4. The minimum atomic E-state index is -0.0187. The fourth-order valence-corrected chi connectivity index (χ4v) is 2.54. The monoisotopic (exact) mass is 296 g/mol. The maximum Gasteiger partial charge on any atom is 0.171 e. The molecule has 4 nitrogen and oxygen atoms in total. The van der Waals surface area contributed by atoms with Crippen LogP contribution in [-0.4, -0.2) is 17.6 Å². The van der Waals surface area contributed by atoms with Gasteiger partial charge in [0.25, 0.3) is 0 Å². The van der Waals surface area contributed by atoms with Crippen LogP contribution in [0.2, 0.25) is 5.02 Å². The molecule has 0 saturated carbocycles. The molecule has 0 saturated heterocycles. The lowest BCUT2D eigenvalue weighted by Gasteiger charge is -2.08. The molecule has 1 heterocycles. The summed E-state index contributed by atoms with van der Waals surface area (Å²) in [7, 11) is 0. The van der Waals surface area contributed by atoms with Crippen molar-refractivity contribution in [3.05, 3.63) is 51.2 Å². The SMILES string of the molecule is N/C(=N/O)c1ccc(OCCc2ccsc2)cc1Cl. The van der Waals surface area contributed by atoms with Gasteiger partial charge in [0.15, 0.2) is 5.84 Å². The Morgan fingerprint density at radius 1 is 1.42 bits per heavy atom. The van der Waals surface area contributed by atoms with Crippen LogP contribution in [0.5, 0.6) is 5.75 Å². The van der Waals surface area contributed by atoms with E-state index in [0.29, 0.717) is 22.9 Å². The molecule has 1 aromatic heterocycles. The summed E-state index contributed by atoms with van der Waals surface area (Å²) >= 11 is 7.70. The highest BCUT2D eigenvalue weighted by Crippen LogP contribution is 2.22. The Kier molecular flexibility index (Phi) is 4.65. The average molecular weight is 297 g/mol. The number of hydrogen-bond donors (Lipinski definition) is 2. The van der Waals surface area contributed by atoms with Crippen molar-refractivity contribution in [1.29, 1.82) is 0 Å². The number of benzene rings is 1. The summed E-state index contributed by atoms with van der Waals surface area (Å²) in [6.45, 7) is 0.579. The highest BCUT2D eigenvalue weighted by atomic mass is 35.5. The first kappa shape index (κ1) is 13.7. The van der Waals surface area contributed by atoms with E-state index in [2.05, 4.69) is 16.6 Å². The summed E-state index contributed by atoms with van der Waals surface area (Å²) in [4.78, 5) is 0. The van der Waals surface area contributed by atoms with E-state index >= 15 is 0 Å².